The number of rotatable bonds is 7. The number of anilines is 1. The topological polar surface area (TPSA) is 116 Å². The van der Waals surface area contributed by atoms with Gasteiger partial charge in [0.1, 0.15) is 11.6 Å². The smallest absolute Gasteiger partial charge is 0.341 e. The number of ether oxygens (including phenoxy) is 1. The largest absolute Gasteiger partial charge is 0.439 e. The van der Waals surface area contributed by atoms with Crippen LogP contribution in [0.3, 0.4) is 0 Å². The number of benzene rings is 2. The highest BCUT2D eigenvalue weighted by atomic mass is 32.2. The van der Waals surface area contributed by atoms with Gasteiger partial charge in [0, 0.05) is 17.4 Å². The average Bonchev–Trinajstić information content (AvgIpc) is 3.12. The van der Waals surface area contributed by atoms with Gasteiger partial charge in [0.2, 0.25) is 15.7 Å². The number of carbonyl (C=O) groups excluding carboxylic acids is 1. The Bertz CT molecular complexity index is 1590. The molecule has 0 spiro atoms. The van der Waals surface area contributed by atoms with Gasteiger partial charge in [-0.2, -0.15) is 18.9 Å². The summed E-state index contributed by atoms with van der Waals surface area (Å²) in [4.78, 5) is 20.7. The van der Waals surface area contributed by atoms with E-state index in [9.17, 15) is 22.0 Å². The van der Waals surface area contributed by atoms with Crippen molar-refractivity contribution < 1.29 is 26.7 Å². The molecule has 1 N–H and O–H groups in total. The minimum atomic E-state index is -4.95. The maximum atomic E-state index is 13.0. The molecule has 37 heavy (non-hydrogen) atoms. The molecular weight excluding hydrogens is 504 g/mol. The number of aromatic nitrogens is 4. The van der Waals surface area contributed by atoms with E-state index in [1.54, 1.807) is 29.8 Å². The number of alkyl halides is 2. The third-order valence-corrected chi connectivity index (χ3v) is 7.12. The molecule has 9 nitrogen and oxygen atoms in total. The lowest BCUT2D eigenvalue weighted by Gasteiger charge is -2.11. The van der Waals surface area contributed by atoms with Crippen molar-refractivity contribution in [2.45, 2.75) is 38.3 Å². The summed E-state index contributed by atoms with van der Waals surface area (Å²) < 4.78 is 57.5. The molecule has 0 bridgehead atoms. The van der Waals surface area contributed by atoms with Crippen LogP contribution in [0.1, 0.15) is 33.1 Å². The van der Waals surface area contributed by atoms with Crippen molar-refractivity contribution in [1.29, 1.82) is 0 Å². The lowest BCUT2D eigenvalue weighted by Crippen LogP contribution is -2.19. The fourth-order valence-corrected chi connectivity index (χ4v) is 4.48. The number of aryl methyl sites for hydroxylation is 2. The van der Waals surface area contributed by atoms with E-state index in [0.717, 1.165) is 23.0 Å². The highest BCUT2D eigenvalue weighted by molar-refractivity contribution is 7.91. The van der Waals surface area contributed by atoms with E-state index < -0.39 is 26.4 Å². The number of hydrogen-bond acceptors (Lipinski definition) is 7. The quantitative estimate of drug-likeness (QED) is 0.362. The zero-order chi connectivity index (χ0) is 26.9. The second-order valence-corrected chi connectivity index (χ2v) is 10.1. The fourth-order valence-electron chi connectivity index (χ4n) is 3.55. The van der Waals surface area contributed by atoms with Crippen LogP contribution in [0.2, 0.25) is 0 Å². The highest BCUT2D eigenvalue weighted by Gasteiger charge is 2.30. The molecule has 0 saturated heterocycles. The first-order valence-electron chi connectivity index (χ1n) is 11.1. The predicted octanol–water partition coefficient (Wildman–Crippen LogP) is 4.94. The molecule has 0 saturated carbocycles. The Morgan fingerprint density at radius 1 is 1.00 bits per heavy atom. The molecule has 0 aliphatic heterocycles. The summed E-state index contributed by atoms with van der Waals surface area (Å²) in [6.07, 6.45) is 0. The number of halogens is 2. The van der Waals surface area contributed by atoms with Gasteiger partial charge >= 0.3 is 5.76 Å². The minimum Gasteiger partial charge on any atom is -0.439 e. The average molecular weight is 528 g/mol. The highest BCUT2D eigenvalue weighted by Crippen LogP contribution is 2.26. The molecule has 0 atom stereocenters. The number of amides is 1. The van der Waals surface area contributed by atoms with Crippen molar-refractivity contribution in [3.8, 4) is 17.4 Å². The maximum absolute atomic E-state index is 13.0. The zero-order valence-corrected chi connectivity index (χ0v) is 21.2. The van der Waals surface area contributed by atoms with E-state index in [1.807, 2.05) is 20.8 Å². The minimum absolute atomic E-state index is 0.288. The van der Waals surface area contributed by atoms with E-state index in [0.29, 0.717) is 23.1 Å². The molecule has 12 heteroatoms. The number of nitrogens with one attached hydrogen (secondary N) is 1. The molecule has 0 aliphatic rings. The molecule has 1 amide bonds. The molecule has 2 heterocycles. The van der Waals surface area contributed by atoms with Crippen LogP contribution in [0.25, 0.3) is 5.82 Å². The summed E-state index contributed by atoms with van der Waals surface area (Å²) in [5.74, 6) is -2.75. The van der Waals surface area contributed by atoms with Gasteiger partial charge in [0.25, 0.3) is 5.91 Å². The van der Waals surface area contributed by atoms with E-state index in [4.69, 9.17) is 4.74 Å². The lowest BCUT2D eigenvalue weighted by atomic mass is 10.2. The molecule has 4 aromatic rings. The van der Waals surface area contributed by atoms with E-state index in [-0.39, 0.29) is 11.4 Å². The Hall–Kier alpha value is -4.19. The van der Waals surface area contributed by atoms with Crippen molar-refractivity contribution in [2.24, 2.45) is 0 Å². The van der Waals surface area contributed by atoms with Crippen LogP contribution in [-0.2, 0) is 9.84 Å². The van der Waals surface area contributed by atoms with Gasteiger partial charge < -0.3 is 10.1 Å². The Morgan fingerprint density at radius 2 is 1.68 bits per heavy atom. The van der Waals surface area contributed by atoms with Crippen molar-refractivity contribution in [3.63, 3.8) is 0 Å². The maximum Gasteiger partial charge on any atom is 0.341 e. The Labute approximate surface area is 212 Å². The van der Waals surface area contributed by atoms with Crippen LogP contribution in [0.15, 0.2) is 59.5 Å². The van der Waals surface area contributed by atoms with Crippen molar-refractivity contribution in [1.82, 2.24) is 19.7 Å². The molecule has 0 unspecified atom stereocenters. The number of sulfone groups is 1. The standard InChI is InChI=1S/C25H23F2N5O4S/c1-14-15(2)31-32(16(14)3)22-13-23(29-17(4)28-22)36-19-11-9-18(10-12-19)30-24(33)20-7-5-6-8-21(20)37(34,35)25(26)27/h5-13,25H,1-4H3,(H,30,33). The number of hydrogen-bond donors (Lipinski definition) is 1. The van der Waals surface area contributed by atoms with E-state index in [2.05, 4.69) is 20.4 Å². The summed E-state index contributed by atoms with van der Waals surface area (Å²) >= 11 is 0. The monoisotopic (exact) mass is 527 g/mol. The van der Waals surface area contributed by atoms with Crippen molar-refractivity contribution in [3.05, 3.63) is 82.9 Å². The van der Waals surface area contributed by atoms with Gasteiger partial charge in [-0.1, -0.05) is 12.1 Å². The second kappa shape index (κ2) is 10.1. The molecular formula is C25H23F2N5O4S. The Kier molecular flexibility index (Phi) is 7.03. The van der Waals surface area contributed by atoms with Crippen LogP contribution < -0.4 is 10.1 Å². The molecule has 0 aliphatic carbocycles. The Balaban J connectivity index is 1.52. The SMILES string of the molecule is Cc1nc(Oc2ccc(NC(=O)c3ccccc3S(=O)(=O)C(F)F)cc2)cc(-n2nc(C)c(C)c2C)n1. The zero-order valence-electron chi connectivity index (χ0n) is 20.4. The lowest BCUT2D eigenvalue weighted by molar-refractivity contribution is 0.102. The summed E-state index contributed by atoms with van der Waals surface area (Å²) in [6.45, 7) is 7.58. The summed E-state index contributed by atoms with van der Waals surface area (Å²) in [7, 11) is -4.95. The molecule has 192 valence electrons. The Morgan fingerprint density at radius 3 is 2.30 bits per heavy atom. The molecule has 2 aromatic carbocycles. The van der Waals surface area contributed by atoms with Gasteiger partial charge in [-0.15, -0.1) is 0 Å². The number of nitrogens with zero attached hydrogens (tertiary/aromatic N) is 4. The first kappa shape index (κ1) is 25.9. The van der Waals surface area contributed by atoms with Gasteiger partial charge in [-0.25, -0.2) is 18.1 Å². The molecule has 0 radical (unpaired) electrons. The first-order valence-corrected chi connectivity index (χ1v) is 12.6. The van der Waals surface area contributed by atoms with Gasteiger partial charge in [-0.3, -0.25) is 4.79 Å². The van der Waals surface area contributed by atoms with Crippen molar-refractivity contribution >= 4 is 21.4 Å². The van der Waals surface area contributed by atoms with E-state index >= 15 is 0 Å². The van der Waals surface area contributed by atoms with Crippen molar-refractivity contribution in [2.75, 3.05) is 5.32 Å². The molecule has 4 rings (SSSR count). The summed E-state index contributed by atoms with van der Waals surface area (Å²) in [5, 5.41) is 7.03. The van der Waals surface area contributed by atoms with Gasteiger partial charge in [0.15, 0.2) is 5.82 Å². The predicted molar refractivity (Wildman–Crippen MR) is 132 cm³/mol. The van der Waals surface area contributed by atoms with Crippen LogP contribution in [0.5, 0.6) is 11.6 Å². The van der Waals surface area contributed by atoms with Gasteiger partial charge in [0.05, 0.1) is 16.2 Å². The van der Waals surface area contributed by atoms with Crippen LogP contribution in [0, 0.1) is 27.7 Å². The molecule has 0 fully saturated rings. The molecule has 2 aromatic heterocycles. The van der Waals surface area contributed by atoms with Gasteiger partial charge in [-0.05, 0) is 69.7 Å². The second-order valence-electron chi connectivity index (χ2n) is 8.20. The fraction of sp³-hybridized carbons (Fsp3) is 0.200. The van der Waals surface area contributed by atoms with E-state index in [1.165, 1.54) is 30.3 Å². The summed E-state index contributed by atoms with van der Waals surface area (Å²) in [5.41, 5.74) is 2.82. The third-order valence-electron chi connectivity index (χ3n) is 5.68. The van der Waals surface area contributed by atoms with Crippen LogP contribution >= 0.6 is 0 Å². The number of carbonyl (C=O) groups is 1. The third kappa shape index (κ3) is 5.33. The van der Waals surface area contributed by atoms with Crippen LogP contribution in [0.4, 0.5) is 14.5 Å². The summed E-state index contributed by atoms with van der Waals surface area (Å²) in [6, 6.07) is 12.6. The first-order chi connectivity index (χ1) is 17.5. The normalized spacial score (nSPS) is 11.5. The van der Waals surface area contributed by atoms with Crippen LogP contribution in [-0.4, -0.2) is 39.8 Å².